The molecule has 2 aliphatic rings. The molecule has 2 bridgehead atoms. The highest BCUT2D eigenvalue weighted by Crippen LogP contribution is 2.46. The number of rotatable bonds is 3. The van der Waals surface area contributed by atoms with Crippen LogP contribution in [0.4, 0.5) is 17.2 Å². The molecular formula is C13H16ClN5O. The summed E-state index contributed by atoms with van der Waals surface area (Å²) in [4.78, 5) is 15.6. The Hall–Kier alpha value is -1.95. The van der Waals surface area contributed by atoms with Crippen molar-refractivity contribution in [3.05, 3.63) is 23.4 Å². The van der Waals surface area contributed by atoms with Crippen LogP contribution in [0, 0.1) is 17.8 Å². The lowest BCUT2D eigenvalue weighted by molar-refractivity contribution is -0.122. The maximum Gasteiger partial charge on any atom is 0.223 e. The van der Waals surface area contributed by atoms with Crippen molar-refractivity contribution in [1.82, 2.24) is 4.98 Å². The van der Waals surface area contributed by atoms with E-state index in [1.165, 1.54) is 6.20 Å². The maximum atomic E-state index is 11.7. The lowest BCUT2D eigenvalue weighted by Crippen LogP contribution is -2.41. The van der Waals surface area contributed by atoms with Crippen LogP contribution in [0.3, 0.4) is 0 Å². The fourth-order valence-corrected chi connectivity index (χ4v) is 3.44. The Balaban J connectivity index is 1.93. The van der Waals surface area contributed by atoms with E-state index in [1.54, 1.807) is 0 Å². The molecule has 2 aliphatic carbocycles. The summed E-state index contributed by atoms with van der Waals surface area (Å²) in [7, 11) is 0. The number of primary amides is 1. The van der Waals surface area contributed by atoms with Gasteiger partial charge >= 0.3 is 0 Å². The molecule has 20 heavy (non-hydrogen) atoms. The van der Waals surface area contributed by atoms with Crippen LogP contribution in [-0.2, 0) is 4.79 Å². The number of allylic oxidation sites excluding steroid dienone is 1. The van der Waals surface area contributed by atoms with E-state index in [1.807, 2.05) is 0 Å². The molecule has 0 spiro atoms. The highest BCUT2D eigenvalue weighted by molar-refractivity contribution is 6.34. The number of amides is 1. The molecule has 0 radical (unpaired) electrons. The summed E-state index contributed by atoms with van der Waals surface area (Å²) < 4.78 is 0. The molecule has 6 nitrogen and oxygen atoms in total. The second-order valence-electron chi connectivity index (χ2n) is 5.33. The molecule has 0 aliphatic heterocycles. The Morgan fingerprint density at radius 2 is 2.05 bits per heavy atom. The lowest BCUT2D eigenvalue weighted by atomic mass is 9.88. The van der Waals surface area contributed by atoms with Gasteiger partial charge in [0.1, 0.15) is 5.82 Å². The largest absolute Gasteiger partial charge is 0.394 e. The number of nitrogen functional groups attached to an aromatic ring is 2. The first kappa shape index (κ1) is 13.1. The van der Waals surface area contributed by atoms with Gasteiger partial charge < -0.3 is 22.5 Å². The lowest BCUT2D eigenvalue weighted by Gasteiger charge is -2.28. The quantitative estimate of drug-likeness (QED) is 0.619. The van der Waals surface area contributed by atoms with Crippen molar-refractivity contribution in [2.75, 3.05) is 16.8 Å². The van der Waals surface area contributed by atoms with Gasteiger partial charge in [0.25, 0.3) is 0 Å². The van der Waals surface area contributed by atoms with E-state index in [9.17, 15) is 4.79 Å². The summed E-state index contributed by atoms with van der Waals surface area (Å²) in [5.74, 6) is 0.0914. The molecule has 1 aromatic rings. The van der Waals surface area contributed by atoms with Crippen LogP contribution in [0.1, 0.15) is 6.42 Å². The van der Waals surface area contributed by atoms with Crippen LogP contribution < -0.4 is 22.5 Å². The van der Waals surface area contributed by atoms with Gasteiger partial charge in [0.15, 0.2) is 0 Å². The van der Waals surface area contributed by atoms with Gasteiger partial charge in [-0.25, -0.2) is 4.98 Å². The Morgan fingerprint density at radius 3 is 2.75 bits per heavy atom. The van der Waals surface area contributed by atoms with Gasteiger partial charge in [0.05, 0.1) is 28.5 Å². The number of hydrogen-bond acceptors (Lipinski definition) is 5. The topological polar surface area (TPSA) is 120 Å². The average molecular weight is 294 g/mol. The predicted octanol–water partition coefficient (Wildman–Crippen LogP) is 0.987. The molecule has 1 saturated carbocycles. The van der Waals surface area contributed by atoms with Gasteiger partial charge in [0.2, 0.25) is 5.91 Å². The van der Waals surface area contributed by atoms with Crippen LogP contribution in [0.5, 0.6) is 0 Å². The minimum absolute atomic E-state index is 0.107. The van der Waals surface area contributed by atoms with Gasteiger partial charge in [-0.15, -0.1) is 0 Å². The highest BCUT2D eigenvalue weighted by atomic mass is 35.5. The number of carbonyl (C=O) groups excluding carboxylic acids is 1. The van der Waals surface area contributed by atoms with Crippen molar-refractivity contribution in [3.8, 4) is 0 Å². The van der Waals surface area contributed by atoms with E-state index >= 15 is 0 Å². The van der Waals surface area contributed by atoms with Crippen molar-refractivity contribution in [1.29, 1.82) is 0 Å². The van der Waals surface area contributed by atoms with Gasteiger partial charge in [-0.2, -0.15) is 0 Å². The van der Waals surface area contributed by atoms with E-state index in [0.29, 0.717) is 16.4 Å². The van der Waals surface area contributed by atoms with Crippen molar-refractivity contribution >= 4 is 34.7 Å². The third kappa shape index (κ3) is 1.87. The van der Waals surface area contributed by atoms with E-state index < -0.39 is 0 Å². The van der Waals surface area contributed by atoms with Gasteiger partial charge in [-0.05, 0) is 18.3 Å². The van der Waals surface area contributed by atoms with E-state index in [2.05, 4.69) is 22.5 Å². The number of nitrogens with one attached hydrogen (secondary N) is 1. The minimum Gasteiger partial charge on any atom is -0.394 e. The number of aromatic nitrogens is 1. The van der Waals surface area contributed by atoms with Crippen molar-refractivity contribution in [3.63, 3.8) is 0 Å². The zero-order valence-electron chi connectivity index (χ0n) is 10.7. The van der Waals surface area contributed by atoms with Crippen molar-refractivity contribution < 1.29 is 4.79 Å². The fourth-order valence-electron chi connectivity index (χ4n) is 3.24. The monoisotopic (exact) mass is 293 g/mol. The number of anilines is 3. The number of halogens is 1. The van der Waals surface area contributed by atoms with Crippen molar-refractivity contribution in [2.24, 2.45) is 23.5 Å². The summed E-state index contributed by atoms with van der Waals surface area (Å²) in [6.07, 6.45) is 6.53. The molecule has 1 aromatic heterocycles. The Morgan fingerprint density at radius 1 is 1.35 bits per heavy atom. The summed E-state index contributed by atoms with van der Waals surface area (Å²) in [6.45, 7) is 0. The van der Waals surface area contributed by atoms with E-state index in [0.717, 1.165) is 6.42 Å². The first-order valence-corrected chi connectivity index (χ1v) is 6.80. The van der Waals surface area contributed by atoms with Crippen LogP contribution in [0.25, 0.3) is 0 Å². The summed E-state index contributed by atoms with van der Waals surface area (Å²) in [5, 5.41) is 3.63. The van der Waals surface area contributed by atoms with Gasteiger partial charge in [0, 0.05) is 6.04 Å². The van der Waals surface area contributed by atoms with Gasteiger partial charge in [-0.1, -0.05) is 23.8 Å². The number of fused-ring (bicyclic) bond motifs is 2. The first-order valence-electron chi connectivity index (χ1n) is 6.42. The third-order valence-corrected chi connectivity index (χ3v) is 4.49. The highest BCUT2D eigenvalue weighted by Gasteiger charge is 2.47. The zero-order chi connectivity index (χ0) is 14.4. The molecule has 7 heteroatoms. The molecule has 1 fully saturated rings. The second kappa shape index (κ2) is 4.56. The first-order chi connectivity index (χ1) is 9.49. The van der Waals surface area contributed by atoms with Gasteiger partial charge in [-0.3, -0.25) is 4.79 Å². The number of hydrogen-bond donors (Lipinski definition) is 4. The number of nitrogens with two attached hydrogens (primary N) is 3. The summed E-state index contributed by atoms with van der Waals surface area (Å²) in [6, 6.07) is -0.107. The van der Waals surface area contributed by atoms with Crippen LogP contribution in [0.2, 0.25) is 5.02 Å². The standard InChI is InChI=1S/C13H16ClN5O/c14-7-4-18-12(16)9(15)11(7)19-10-6-2-1-5(3-6)8(10)13(17)20/h1-2,4-6,8,10H,3,15H2,(H2,17,20)(H3,16,18,19). The van der Waals surface area contributed by atoms with E-state index in [-0.39, 0.29) is 35.5 Å². The molecule has 3 rings (SSSR count). The van der Waals surface area contributed by atoms with Crippen LogP contribution in [0.15, 0.2) is 18.3 Å². The van der Waals surface area contributed by atoms with E-state index in [4.69, 9.17) is 28.8 Å². The van der Waals surface area contributed by atoms with Crippen LogP contribution >= 0.6 is 11.6 Å². The zero-order valence-corrected chi connectivity index (χ0v) is 11.5. The normalized spacial score (nSPS) is 30.6. The molecular weight excluding hydrogens is 278 g/mol. The SMILES string of the molecule is NC(=O)C1C2C=CC(C2)C1Nc1c(Cl)cnc(N)c1N. The Bertz CT molecular complexity index is 603. The molecule has 0 saturated heterocycles. The van der Waals surface area contributed by atoms with Crippen molar-refractivity contribution in [2.45, 2.75) is 12.5 Å². The minimum atomic E-state index is -0.309. The Kier molecular flexibility index (Phi) is 2.97. The molecule has 7 N–H and O–H groups in total. The molecule has 4 unspecified atom stereocenters. The number of nitrogens with zero attached hydrogens (tertiary/aromatic N) is 1. The molecule has 1 heterocycles. The molecule has 4 atom stereocenters. The molecule has 106 valence electrons. The number of pyridine rings is 1. The Labute approximate surface area is 121 Å². The predicted molar refractivity (Wildman–Crippen MR) is 78.9 cm³/mol. The fraction of sp³-hybridized carbons (Fsp3) is 0.385. The molecule has 0 aromatic carbocycles. The maximum absolute atomic E-state index is 11.7. The van der Waals surface area contributed by atoms with Crippen LogP contribution in [-0.4, -0.2) is 16.9 Å². The number of carbonyl (C=O) groups is 1. The summed E-state index contributed by atoms with van der Waals surface area (Å²) in [5.41, 5.74) is 17.9. The summed E-state index contributed by atoms with van der Waals surface area (Å²) >= 11 is 6.11. The third-order valence-electron chi connectivity index (χ3n) is 4.20. The average Bonchev–Trinajstić information content (AvgIpc) is 2.99. The smallest absolute Gasteiger partial charge is 0.223 e. The second-order valence-corrected chi connectivity index (χ2v) is 5.73. The molecule has 1 amide bonds.